The van der Waals surface area contributed by atoms with Gasteiger partial charge in [0.05, 0.1) is 0 Å². The van der Waals surface area contributed by atoms with E-state index in [1.165, 1.54) is 5.69 Å². The molecule has 1 aromatic rings. The van der Waals surface area contributed by atoms with Crippen molar-refractivity contribution in [3.63, 3.8) is 0 Å². The molecule has 1 aliphatic heterocycles. The van der Waals surface area contributed by atoms with Gasteiger partial charge in [-0.2, -0.15) is 0 Å². The summed E-state index contributed by atoms with van der Waals surface area (Å²) in [4.78, 5) is 4.74. The number of hydrogen-bond acceptors (Lipinski definition) is 3. The molecule has 1 saturated heterocycles. The van der Waals surface area contributed by atoms with Crippen LogP contribution in [0.25, 0.3) is 0 Å². The lowest BCUT2D eigenvalue weighted by molar-refractivity contribution is 0.313. The molecule has 1 aliphatic rings. The number of likely N-dealkylation sites (N-methyl/N-ethyl adjacent to an activating group) is 1. The molecule has 0 atom stereocenters. The maximum Gasteiger partial charge on any atom is 0.104 e. The Balaban J connectivity index is 2.02. The van der Waals surface area contributed by atoms with E-state index in [2.05, 4.69) is 40.8 Å². The van der Waals surface area contributed by atoms with Gasteiger partial charge in [0.2, 0.25) is 0 Å². The number of hydrogen-bond donors (Lipinski definition) is 1. The molecule has 2 rings (SSSR count). The average Bonchev–Trinajstić information content (AvgIpc) is 2.38. The molecule has 1 N–H and O–H groups in total. The van der Waals surface area contributed by atoms with Gasteiger partial charge in [-0.1, -0.05) is 11.8 Å². The van der Waals surface area contributed by atoms with Crippen molar-refractivity contribution in [2.75, 3.05) is 44.7 Å². The van der Waals surface area contributed by atoms with Gasteiger partial charge >= 0.3 is 0 Å². The molecule has 0 spiro atoms. The van der Waals surface area contributed by atoms with Gasteiger partial charge in [-0.3, -0.25) is 0 Å². The standard InChI is InChI=1S/C14H18N2O/c1-15-8-10-16(11-9-15)14-6-4-13(5-7-14)3-2-12-17/h4-7,17H,8-12H2,1H3. The van der Waals surface area contributed by atoms with Crippen LogP contribution in [-0.4, -0.2) is 49.8 Å². The monoisotopic (exact) mass is 230 g/mol. The number of nitrogens with zero attached hydrogens (tertiary/aromatic N) is 2. The first-order chi connectivity index (χ1) is 8.29. The van der Waals surface area contributed by atoms with Crippen LogP contribution in [-0.2, 0) is 0 Å². The Morgan fingerprint density at radius 1 is 1.12 bits per heavy atom. The van der Waals surface area contributed by atoms with Crippen molar-refractivity contribution >= 4 is 5.69 Å². The van der Waals surface area contributed by atoms with Gasteiger partial charge in [0.15, 0.2) is 0 Å². The van der Waals surface area contributed by atoms with Crippen molar-refractivity contribution in [2.45, 2.75) is 0 Å². The summed E-state index contributed by atoms with van der Waals surface area (Å²) in [7, 11) is 2.16. The van der Waals surface area contributed by atoms with Crippen LogP contribution >= 0.6 is 0 Å². The molecule has 0 aliphatic carbocycles. The van der Waals surface area contributed by atoms with E-state index in [1.807, 2.05) is 12.1 Å². The van der Waals surface area contributed by atoms with Crippen molar-refractivity contribution in [3.8, 4) is 11.8 Å². The number of rotatable bonds is 1. The fourth-order valence-electron chi connectivity index (χ4n) is 1.96. The molecule has 3 nitrogen and oxygen atoms in total. The molecule has 1 heterocycles. The summed E-state index contributed by atoms with van der Waals surface area (Å²) >= 11 is 0. The van der Waals surface area contributed by atoms with E-state index in [9.17, 15) is 0 Å². The molecule has 1 aromatic carbocycles. The fourth-order valence-corrected chi connectivity index (χ4v) is 1.96. The first kappa shape index (κ1) is 12.0. The molecule has 0 bridgehead atoms. The van der Waals surface area contributed by atoms with Crippen LogP contribution in [0, 0.1) is 11.8 Å². The molecule has 0 saturated carbocycles. The number of anilines is 1. The number of aliphatic hydroxyl groups is 1. The van der Waals surface area contributed by atoms with E-state index in [0.29, 0.717) is 0 Å². The predicted molar refractivity (Wildman–Crippen MR) is 70.1 cm³/mol. The van der Waals surface area contributed by atoms with Crippen LogP contribution in [0.2, 0.25) is 0 Å². The van der Waals surface area contributed by atoms with Crippen LogP contribution in [0.3, 0.4) is 0 Å². The van der Waals surface area contributed by atoms with Gasteiger partial charge in [0, 0.05) is 37.4 Å². The highest BCUT2D eigenvalue weighted by Crippen LogP contribution is 2.16. The lowest BCUT2D eigenvalue weighted by atomic mass is 10.2. The summed E-state index contributed by atoms with van der Waals surface area (Å²) in [5.74, 6) is 5.56. The predicted octanol–water partition coefficient (Wildman–Crippen LogP) is 0.782. The Morgan fingerprint density at radius 2 is 1.76 bits per heavy atom. The molecular weight excluding hydrogens is 212 g/mol. The zero-order valence-corrected chi connectivity index (χ0v) is 10.2. The number of aliphatic hydroxyl groups excluding tert-OH is 1. The topological polar surface area (TPSA) is 26.7 Å². The van der Waals surface area contributed by atoms with Crippen molar-refractivity contribution < 1.29 is 5.11 Å². The Labute approximate surface area is 103 Å². The summed E-state index contributed by atoms with van der Waals surface area (Å²) in [5, 5.41) is 8.62. The highest BCUT2D eigenvalue weighted by atomic mass is 16.2. The van der Waals surface area contributed by atoms with Gasteiger partial charge in [0.1, 0.15) is 6.61 Å². The van der Waals surface area contributed by atoms with Crippen LogP contribution in [0.4, 0.5) is 5.69 Å². The average molecular weight is 230 g/mol. The Hall–Kier alpha value is -1.50. The van der Waals surface area contributed by atoms with Crippen LogP contribution in [0.1, 0.15) is 5.56 Å². The van der Waals surface area contributed by atoms with E-state index in [0.717, 1.165) is 31.7 Å². The Morgan fingerprint density at radius 3 is 2.35 bits per heavy atom. The van der Waals surface area contributed by atoms with Gasteiger partial charge in [-0.25, -0.2) is 0 Å². The van der Waals surface area contributed by atoms with E-state index < -0.39 is 0 Å². The number of piperazine rings is 1. The summed E-state index contributed by atoms with van der Waals surface area (Å²) < 4.78 is 0. The molecule has 3 heteroatoms. The van der Waals surface area contributed by atoms with Crippen molar-refractivity contribution in [2.24, 2.45) is 0 Å². The lowest BCUT2D eigenvalue weighted by Gasteiger charge is -2.34. The van der Waals surface area contributed by atoms with Gasteiger partial charge in [-0.05, 0) is 31.3 Å². The summed E-state index contributed by atoms with van der Waals surface area (Å²) in [6.45, 7) is 4.31. The second kappa shape index (κ2) is 5.72. The van der Waals surface area contributed by atoms with Gasteiger partial charge in [-0.15, -0.1) is 0 Å². The van der Waals surface area contributed by atoms with Crippen molar-refractivity contribution in [3.05, 3.63) is 29.8 Å². The van der Waals surface area contributed by atoms with Crippen LogP contribution < -0.4 is 4.90 Å². The molecule has 0 amide bonds. The largest absolute Gasteiger partial charge is 0.384 e. The van der Waals surface area contributed by atoms with Crippen molar-refractivity contribution in [1.29, 1.82) is 0 Å². The molecule has 0 radical (unpaired) electrons. The summed E-state index contributed by atoms with van der Waals surface area (Å²) in [5.41, 5.74) is 2.21. The fraction of sp³-hybridized carbons (Fsp3) is 0.429. The highest BCUT2D eigenvalue weighted by molar-refractivity contribution is 5.50. The summed E-state index contributed by atoms with van der Waals surface area (Å²) in [6, 6.07) is 8.23. The van der Waals surface area contributed by atoms with Gasteiger partial charge < -0.3 is 14.9 Å². The third-order valence-corrected chi connectivity index (χ3v) is 3.05. The molecule has 17 heavy (non-hydrogen) atoms. The minimum absolute atomic E-state index is 0.0831. The molecule has 0 unspecified atom stereocenters. The third kappa shape index (κ3) is 3.23. The maximum atomic E-state index is 8.62. The first-order valence-corrected chi connectivity index (χ1v) is 5.93. The van der Waals surface area contributed by atoms with E-state index >= 15 is 0 Å². The molecule has 0 aromatic heterocycles. The molecule has 1 fully saturated rings. The number of benzene rings is 1. The van der Waals surface area contributed by atoms with Crippen LogP contribution in [0.5, 0.6) is 0 Å². The van der Waals surface area contributed by atoms with Crippen LogP contribution in [0.15, 0.2) is 24.3 Å². The Kier molecular flexibility index (Phi) is 4.03. The second-order valence-electron chi connectivity index (χ2n) is 4.30. The normalized spacial score (nSPS) is 16.5. The second-order valence-corrected chi connectivity index (χ2v) is 4.30. The Bertz CT molecular complexity index is 408. The molecular formula is C14H18N2O. The van der Waals surface area contributed by atoms with Crippen molar-refractivity contribution in [1.82, 2.24) is 4.90 Å². The zero-order chi connectivity index (χ0) is 12.1. The highest BCUT2D eigenvalue weighted by Gasteiger charge is 2.13. The van der Waals surface area contributed by atoms with E-state index in [1.54, 1.807) is 0 Å². The zero-order valence-electron chi connectivity index (χ0n) is 10.2. The SMILES string of the molecule is CN1CCN(c2ccc(C#CCO)cc2)CC1. The summed E-state index contributed by atoms with van der Waals surface area (Å²) in [6.07, 6.45) is 0. The maximum absolute atomic E-state index is 8.62. The quantitative estimate of drug-likeness (QED) is 0.722. The minimum Gasteiger partial charge on any atom is -0.384 e. The smallest absolute Gasteiger partial charge is 0.104 e. The van der Waals surface area contributed by atoms with E-state index in [4.69, 9.17) is 5.11 Å². The first-order valence-electron chi connectivity index (χ1n) is 5.93. The minimum atomic E-state index is -0.0831. The lowest BCUT2D eigenvalue weighted by Crippen LogP contribution is -2.44. The van der Waals surface area contributed by atoms with Gasteiger partial charge in [0.25, 0.3) is 0 Å². The third-order valence-electron chi connectivity index (χ3n) is 3.05. The molecule has 90 valence electrons. The van der Waals surface area contributed by atoms with E-state index in [-0.39, 0.29) is 6.61 Å².